The van der Waals surface area contributed by atoms with Crippen LogP contribution in [0.2, 0.25) is 5.02 Å². The molecule has 0 saturated heterocycles. The van der Waals surface area contributed by atoms with Gasteiger partial charge in [0.05, 0.1) is 18.9 Å². The molecule has 8 nitrogen and oxygen atoms in total. The van der Waals surface area contributed by atoms with Crippen molar-refractivity contribution in [1.29, 1.82) is 0 Å². The van der Waals surface area contributed by atoms with Crippen LogP contribution in [0.25, 0.3) is 0 Å². The molecule has 4 aromatic rings. The highest BCUT2D eigenvalue weighted by molar-refractivity contribution is 6.30. The second kappa shape index (κ2) is 13.8. The first kappa shape index (κ1) is 28.2. The molecule has 0 saturated carbocycles. The number of halogens is 1. The highest BCUT2D eigenvalue weighted by Gasteiger charge is 2.15. The smallest absolute Gasteiger partial charge is 0.343 e. The molecular weight excluding hydrogens is 532 g/mol. The van der Waals surface area contributed by atoms with Gasteiger partial charge in [0.2, 0.25) is 0 Å². The van der Waals surface area contributed by atoms with Crippen LogP contribution < -0.4 is 24.4 Å². The number of nitrogens with zero attached hydrogens (tertiary/aromatic N) is 1. The van der Waals surface area contributed by atoms with Gasteiger partial charge in [0.15, 0.2) is 17.6 Å². The third-order valence-corrected chi connectivity index (χ3v) is 5.86. The van der Waals surface area contributed by atoms with E-state index in [0.717, 1.165) is 5.56 Å². The van der Waals surface area contributed by atoms with Crippen molar-refractivity contribution in [3.63, 3.8) is 0 Å². The van der Waals surface area contributed by atoms with Crippen LogP contribution in [-0.2, 0) is 11.4 Å². The summed E-state index contributed by atoms with van der Waals surface area (Å²) in [5.74, 6) is 0.798. The minimum Gasteiger partial charge on any atom is -0.493 e. The Morgan fingerprint density at radius 3 is 2.30 bits per heavy atom. The molecule has 0 aliphatic carbocycles. The molecule has 4 aromatic carbocycles. The number of benzene rings is 4. The number of nitrogens with one attached hydrogen (secondary N) is 1. The minimum absolute atomic E-state index is 0.238. The van der Waals surface area contributed by atoms with E-state index in [1.165, 1.54) is 13.3 Å². The zero-order chi connectivity index (χ0) is 28.3. The molecule has 0 aliphatic rings. The maximum Gasteiger partial charge on any atom is 0.343 e. The fraction of sp³-hybridized carbons (Fsp3) is 0.129. The van der Waals surface area contributed by atoms with Gasteiger partial charge >= 0.3 is 5.97 Å². The van der Waals surface area contributed by atoms with Gasteiger partial charge in [-0.15, -0.1) is 0 Å². The van der Waals surface area contributed by atoms with E-state index in [1.54, 1.807) is 73.7 Å². The lowest BCUT2D eigenvalue weighted by Crippen LogP contribution is -2.33. The Labute approximate surface area is 237 Å². The Hall–Kier alpha value is -4.82. The second-order valence-corrected chi connectivity index (χ2v) is 8.98. The standard InChI is InChI=1S/C31H27ClN2O6/c1-21(39-27-15-13-26(14-16-27)38-20-22-6-4-3-5-7-22)30(35)34-33-19-23-8-17-28(29(18-23)37-2)40-31(36)24-9-11-25(32)12-10-24/h3-19,21H,20H2,1-2H3,(H,34,35)/b33-19-/t21-/m0/s1. The molecule has 1 N–H and O–H groups in total. The number of methoxy groups -OCH3 is 1. The Morgan fingerprint density at radius 1 is 0.900 bits per heavy atom. The second-order valence-electron chi connectivity index (χ2n) is 8.55. The van der Waals surface area contributed by atoms with Gasteiger partial charge in [-0.3, -0.25) is 4.79 Å². The summed E-state index contributed by atoms with van der Waals surface area (Å²) in [5.41, 5.74) is 4.49. The lowest BCUT2D eigenvalue weighted by Gasteiger charge is -2.13. The Kier molecular flexibility index (Phi) is 9.74. The van der Waals surface area contributed by atoms with E-state index in [9.17, 15) is 9.59 Å². The predicted octanol–water partition coefficient (Wildman–Crippen LogP) is 6.06. The molecule has 1 atom stereocenters. The number of hydrogen-bond donors (Lipinski definition) is 1. The van der Waals surface area contributed by atoms with Crippen molar-refractivity contribution >= 4 is 29.7 Å². The van der Waals surface area contributed by atoms with Crippen molar-refractivity contribution in [2.75, 3.05) is 7.11 Å². The fourth-order valence-electron chi connectivity index (χ4n) is 3.47. The highest BCUT2D eigenvalue weighted by Crippen LogP contribution is 2.28. The number of carbonyl (C=O) groups is 2. The largest absolute Gasteiger partial charge is 0.493 e. The minimum atomic E-state index is -0.794. The van der Waals surface area contributed by atoms with E-state index in [0.29, 0.717) is 40.0 Å². The summed E-state index contributed by atoms with van der Waals surface area (Å²) < 4.78 is 22.3. The average molecular weight is 559 g/mol. The van der Waals surface area contributed by atoms with Gasteiger partial charge < -0.3 is 18.9 Å². The highest BCUT2D eigenvalue weighted by atomic mass is 35.5. The molecule has 0 unspecified atom stereocenters. The summed E-state index contributed by atoms with van der Waals surface area (Å²) in [6.45, 7) is 2.08. The van der Waals surface area contributed by atoms with Crippen LogP contribution in [0.3, 0.4) is 0 Å². The number of hydrazone groups is 1. The lowest BCUT2D eigenvalue weighted by atomic mass is 10.2. The van der Waals surface area contributed by atoms with Crippen LogP contribution in [0.4, 0.5) is 0 Å². The van der Waals surface area contributed by atoms with Crippen LogP contribution in [0.15, 0.2) is 102 Å². The molecule has 0 bridgehead atoms. The third-order valence-electron chi connectivity index (χ3n) is 5.61. The monoisotopic (exact) mass is 558 g/mol. The summed E-state index contributed by atoms with van der Waals surface area (Å²) in [5, 5.41) is 4.51. The van der Waals surface area contributed by atoms with E-state index < -0.39 is 18.0 Å². The number of carbonyl (C=O) groups excluding carboxylic acids is 2. The maximum atomic E-state index is 12.5. The Bertz CT molecular complexity index is 1460. The zero-order valence-corrected chi connectivity index (χ0v) is 22.6. The summed E-state index contributed by atoms with van der Waals surface area (Å²) in [6, 6.07) is 28.1. The van der Waals surface area contributed by atoms with Crippen LogP contribution >= 0.6 is 11.6 Å². The molecule has 0 aromatic heterocycles. The number of esters is 1. The number of hydrogen-bond acceptors (Lipinski definition) is 7. The van der Waals surface area contributed by atoms with E-state index in [-0.39, 0.29) is 5.75 Å². The van der Waals surface area contributed by atoms with Crippen molar-refractivity contribution < 1.29 is 28.5 Å². The lowest BCUT2D eigenvalue weighted by molar-refractivity contribution is -0.127. The van der Waals surface area contributed by atoms with Gasteiger partial charge in [-0.1, -0.05) is 41.9 Å². The summed E-state index contributed by atoms with van der Waals surface area (Å²) >= 11 is 5.87. The SMILES string of the molecule is COc1cc(/C=N\NC(=O)[C@H](C)Oc2ccc(OCc3ccccc3)cc2)ccc1OC(=O)c1ccc(Cl)cc1. The Morgan fingerprint density at radius 2 is 1.60 bits per heavy atom. The molecular formula is C31H27ClN2O6. The van der Waals surface area contributed by atoms with E-state index in [1.807, 2.05) is 30.3 Å². The number of rotatable bonds is 11. The van der Waals surface area contributed by atoms with Gasteiger partial charge in [0, 0.05) is 5.02 Å². The molecule has 0 aliphatic heterocycles. The van der Waals surface area contributed by atoms with Gasteiger partial charge in [-0.2, -0.15) is 5.10 Å². The van der Waals surface area contributed by atoms with Gasteiger partial charge in [0.1, 0.15) is 18.1 Å². The van der Waals surface area contributed by atoms with E-state index in [4.69, 9.17) is 30.5 Å². The molecule has 40 heavy (non-hydrogen) atoms. The molecule has 0 spiro atoms. The van der Waals surface area contributed by atoms with Gasteiger partial charge in [-0.25, -0.2) is 10.2 Å². The van der Waals surface area contributed by atoms with Crippen molar-refractivity contribution in [3.05, 3.63) is 119 Å². The average Bonchev–Trinajstić information content (AvgIpc) is 2.98. The van der Waals surface area contributed by atoms with Gasteiger partial charge in [-0.05, 0) is 84.8 Å². The zero-order valence-electron chi connectivity index (χ0n) is 21.9. The maximum absolute atomic E-state index is 12.5. The molecule has 4 rings (SSSR count). The quantitative estimate of drug-likeness (QED) is 0.104. The number of ether oxygens (including phenoxy) is 4. The first-order chi connectivity index (χ1) is 19.4. The molecule has 0 radical (unpaired) electrons. The topological polar surface area (TPSA) is 95.5 Å². The molecule has 204 valence electrons. The predicted molar refractivity (Wildman–Crippen MR) is 152 cm³/mol. The number of amides is 1. The normalized spacial score (nSPS) is 11.5. The summed E-state index contributed by atoms with van der Waals surface area (Å²) in [4.78, 5) is 24.9. The molecule has 9 heteroatoms. The molecule has 0 fully saturated rings. The summed E-state index contributed by atoms with van der Waals surface area (Å²) in [6.07, 6.45) is 0.647. The molecule has 1 amide bonds. The first-order valence-corrected chi connectivity index (χ1v) is 12.7. The Balaban J connectivity index is 1.27. The van der Waals surface area contributed by atoms with Crippen LogP contribution in [-0.4, -0.2) is 31.3 Å². The van der Waals surface area contributed by atoms with Crippen LogP contribution in [0.5, 0.6) is 23.0 Å². The molecule has 0 heterocycles. The van der Waals surface area contributed by atoms with Crippen molar-refractivity contribution in [2.24, 2.45) is 5.10 Å². The van der Waals surface area contributed by atoms with Crippen molar-refractivity contribution in [2.45, 2.75) is 19.6 Å². The van der Waals surface area contributed by atoms with Gasteiger partial charge in [0.25, 0.3) is 5.91 Å². The van der Waals surface area contributed by atoms with Crippen molar-refractivity contribution in [1.82, 2.24) is 5.43 Å². The van der Waals surface area contributed by atoms with E-state index >= 15 is 0 Å². The fourth-order valence-corrected chi connectivity index (χ4v) is 3.59. The van der Waals surface area contributed by atoms with Crippen LogP contribution in [0.1, 0.15) is 28.4 Å². The van der Waals surface area contributed by atoms with Crippen LogP contribution in [0, 0.1) is 0 Å². The van der Waals surface area contributed by atoms with E-state index in [2.05, 4.69) is 10.5 Å². The summed E-state index contributed by atoms with van der Waals surface area (Å²) in [7, 11) is 1.46. The third kappa shape index (κ3) is 8.09. The first-order valence-electron chi connectivity index (χ1n) is 12.3. The van der Waals surface area contributed by atoms with Crippen molar-refractivity contribution in [3.8, 4) is 23.0 Å².